The minimum Gasteiger partial charge on any atom is -0.494 e. The molecule has 0 unspecified atom stereocenters. The van der Waals surface area contributed by atoms with Crippen LogP contribution in [0.15, 0.2) is 47.5 Å². The molecule has 4 rings (SSSR count). The molecule has 0 aliphatic carbocycles. The molecule has 0 bridgehead atoms. The predicted molar refractivity (Wildman–Crippen MR) is 117 cm³/mol. The van der Waals surface area contributed by atoms with Gasteiger partial charge in [0.05, 0.1) is 24.3 Å². The summed E-state index contributed by atoms with van der Waals surface area (Å²) < 4.78 is 21.5. The fourth-order valence-electron chi connectivity index (χ4n) is 4.34. The second kappa shape index (κ2) is 8.56. The molecule has 1 saturated heterocycles. The Labute approximate surface area is 176 Å². The summed E-state index contributed by atoms with van der Waals surface area (Å²) in [5, 5.41) is 0.508. The van der Waals surface area contributed by atoms with E-state index >= 15 is 0 Å². The van der Waals surface area contributed by atoms with Gasteiger partial charge in [-0.25, -0.2) is 9.37 Å². The molecule has 1 aromatic heterocycles. The van der Waals surface area contributed by atoms with Crippen LogP contribution in [0.5, 0.6) is 5.75 Å². The van der Waals surface area contributed by atoms with Crippen molar-refractivity contribution in [2.45, 2.75) is 39.3 Å². The van der Waals surface area contributed by atoms with Crippen LogP contribution in [0.2, 0.25) is 0 Å². The lowest BCUT2D eigenvalue weighted by Crippen LogP contribution is -2.42. The zero-order chi connectivity index (χ0) is 21.3. The third-order valence-electron chi connectivity index (χ3n) is 6.05. The molecule has 2 aromatic carbocycles. The van der Waals surface area contributed by atoms with Crippen LogP contribution in [0, 0.1) is 11.7 Å². The highest BCUT2D eigenvalue weighted by Crippen LogP contribution is 2.30. The monoisotopic (exact) mass is 409 g/mol. The molecule has 30 heavy (non-hydrogen) atoms. The van der Waals surface area contributed by atoms with Crippen LogP contribution >= 0.6 is 0 Å². The quantitative estimate of drug-likeness (QED) is 0.629. The molecule has 0 N–H and O–H groups in total. The normalized spacial score (nSPS) is 17.6. The van der Waals surface area contributed by atoms with Gasteiger partial charge in [-0.1, -0.05) is 18.2 Å². The van der Waals surface area contributed by atoms with E-state index in [0.717, 1.165) is 25.9 Å². The molecule has 2 heterocycles. The molecule has 1 fully saturated rings. The van der Waals surface area contributed by atoms with Gasteiger partial charge >= 0.3 is 0 Å². The van der Waals surface area contributed by atoms with Crippen molar-refractivity contribution in [3.05, 3.63) is 58.9 Å². The summed E-state index contributed by atoms with van der Waals surface area (Å²) in [6.45, 7) is 7.20. The highest BCUT2D eigenvalue weighted by Gasteiger charge is 2.22. The molecule has 0 amide bonds. The molecule has 158 valence electrons. The van der Waals surface area contributed by atoms with Gasteiger partial charge in [0.25, 0.3) is 5.56 Å². The van der Waals surface area contributed by atoms with Gasteiger partial charge in [0.1, 0.15) is 0 Å². The van der Waals surface area contributed by atoms with Crippen molar-refractivity contribution in [1.29, 1.82) is 0 Å². The zero-order valence-electron chi connectivity index (χ0n) is 17.8. The predicted octanol–water partition coefficient (Wildman–Crippen LogP) is 4.33. The minimum atomic E-state index is -0.431. The summed E-state index contributed by atoms with van der Waals surface area (Å²) in [5.41, 5.74) is 1.59. The fourth-order valence-corrected chi connectivity index (χ4v) is 4.34. The van der Waals surface area contributed by atoms with Gasteiger partial charge < -0.3 is 9.64 Å². The number of benzene rings is 2. The molecular weight excluding hydrogens is 381 g/mol. The molecule has 0 saturated carbocycles. The van der Waals surface area contributed by atoms with E-state index < -0.39 is 5.82 Å². The third-order valence-corrected chi connectivity index (χ3v) is 6.05. The average Bonchev–Trinajstić information content (AvgIpc) is 2.76. The number of rotatable bonds is 5. The number of halogens is 1. The van der Waals surface area contributed by atoms with E-state index in [1.165, 1.54) is 7.11 Å². The van der Waals surface area contributed by atoms with Crippen LogP contribution in [-0.4, -0.2) is 40.7 Å². The number of piperidine rings is 1. The maximum Gasteiger partial charge on any atom is 0.261 e. The van der Waals surface area contributed by atoms with Crippen molar-refractivity contribution in [1.82, 2.24) is 14.5 Å². The van der Waals surface area contributed by atoms with Gasteiger partial charge in [-0.3, -0.25) is 9.36 Å². The van der Waals surface area contributed by atoms with Crippen molar-refractivity contribution < 1.29 is 9.13 Å². The Bertz CT molecular complexity index is 1110. The number of ether oxygens (including phenoxy) is 1. The van der Waals surface area contributed by atoms with Crippen molar-refractivity contribution in [2.75, 3.05) is 20.2 Å². The Morgan fingerprint density at radius 1 is 1.27 bits per heavy atom. The molecule has 6 heteroatoms. The van der Waals surface area contributed by atoms with E-state index in [4.69, 9.17) is 4.74 Å². The van der Waals surface area contributed by atoms with E-state index in [2.05, 4.69) is 23.7 Å². The first-order chi connectivity index (χ1) is 14.5. The maximum atomic E-state index is 14.7. The van der Waals surface area contributed by atoms with Gasteiger partial charge in [0.2, 0.25) is 0 Å². The minimum absolute atomic E-state index is 0.0770. The number of nitrogens with zero attached hydrogens (tertiary/aromatic N) is 3. The topological polar surface area (TPSA) is 47.4 Å². The molecule has 0 radical (unpaired) electrons. The summed E-state index contributed by atoms with van der Waals surface area (Å²) >= 11 is 0. The highest BCUT2D eigenvalue weighted by molar-refractivity contribution is 5.84. The fraction of sp³-hybridized carbons (Fsp3) is 0.417. The first-order valence-corrected chi connectivity index (χ1v) is 10.5. The van der Waals surface area contributed by atoms with Crippen molar-refractivity contribution in [3.63, 3.8) is 0 Å². The summed E-state index contributed by atoms with van der Waals surface area (Å²) in [4.78, 5) is 20.2. The highest BCUT2D eigenvalue weighted by atomic mass is 19.1. The smallest absolute Gasteiger partial charge is 0.261 e. The van der Waals surface area contributed by atoms with Crippen LogP contribution in [-0.2, 0) is 6.54 Å². The van der Waals surface area contributed by atoms with Gasteiger partial charge in [-0.2, -0.15) is 0 Å². The van der Waals surface area contributed by atoms with Crippen molar-refractivity contribution >= 4 is 10.9 Å². The summed E-state index contributed by atoms with van der Waals surface area (Å²) in [7, 11) is 1.44. The number of hydrogen-bond acceptors (Lipinski definition) is 4. The molecule has 1 atom stereocenters. The Kier molecular flexibility index (Phi) is 5.86. The third kappa shape index (κ3) is 3.97. The largest absolute Gasteiger partial charge is 0.494 e. The van der Waals surface area contributed by atoms with Crippen LogP contribution in [0.3, 0.4) is 0 Å². The van der Waals surface area contributed by atoms with Gasteiger partial charge in [-0.15, -0.1) is 0 Å². The standard InChI is InChI=1S/C24H28FN3O2/c1-16(2)27-11-5-6-17(13-27)14-28-15-26-21-10-9-18(12-20(21)24(28)29)19-7-4-8-22(30-3)23(19)25/h4,7-10,12,15-17H,5-6,11,13-14H2,1-3H3/t17-/m0/s1. The SMILES string of the molecule is COc1cccc(-c2ccc3ncn(C[C@H]4CCCN(C(C)C)C4)c(=O)c3c2)c1F. The Morgan fingerprint density at radius 2 is 2.10 bits per heavy atom. The van der Waals surface area contributed by atoms with Crippen molar-refractivity contribution in [2.24, 2.45) is 5.92 Å². The van der Waals surface area contributed by atoms with Crippen LogP contribution in [0.4, 0.5) is 4.39 Å². The van der Waals surface area contributed by atoms with Crippen molar-refractivity contribution in [3.8, 4) is 16.9 Å². The molecular formula is C24H28FN3O2. The van der Waals surface area contributed by atoms with E-state index in [1.54, 1.807) is 47.3 Å². The number of aromatic nitrogens is 2. The van der Waals surface area contributed by atoms with Crippen LogP contribution < -0.4 is 10.3 Å². The summed E-state index contributed by atoms with van der Waals surface area (Å²) in [6.07, 6.45) is 3.91. The Hall–Kier alpha value is -2.73. The molecule has 3 aromatic rings. The molecule has 1 aliphatic rings. The lowest BCUT2D eigenvalue weighted by molar-refractivity contribution is 0.130. The van der Waals surface area contributed by atoms with E-state index in [1.807, 2.05) is 0 Å². The number of likely N-dealkylation sites (tertiary alicyclic amines) is 1. The van der Waals surface area contributed by atoms with Gasteiger partial charge in [-0.05, 0) is 62.9 Å². The molecule has 5 nitrogen and oxygen atoms in total. The Morgan fingerprint density at radius 3 is 2.87 bits per heavy atom. The summed E-state index contributed by atoms with van der Waals surface area (Å²) in [5.74, 6) is 0.180. The molecule has 1 aliphatic heterocycles. The second-order valence-corrected chi connectivity index (χ2v) is 8.35. The number of fused-ring (bicyclic) bond motifs is 1. The van der Waals surface area contributed by atoms with E-state index in [-0.39, 0.29) is 11.3 Å². The van der Waals surface area contributed by atoms with Crippen LogP contribution in [0.25, 0.3) is 22.0 Å². The number of hydrogen-bond donors (Lipinski definition) is 0. The lowest BCUT2D eigenvalue weighted by atomic mass is 9.97. The maximum absolute atomic E-state index is 14.7. The first-order valence-electron chi connectivity index (χ1n) is 10.5. The Balaban J connectivity index is 1.68. The van der Waals surface area contributed by atoms with Gasteiger partial charge in [0.15, 0.2) is 11.6 Å². The average molecular weight is 410 g/mol. The number of methoxy groups -OCH3 is 1. The van der Waals surface area contributed by atoms with E-state index in [0.29, 0.717) is 40.5 Å². The summed E-state index contributed by atoms with van der Waals surface area (Å²) in [6, 6.07) is 10.8. The van der Waals surface area contributed by atoms with Gasteiger partial charge in [0, 0.05) is 24.7 Å². The molecule has 0 spiro atoms. The first kappa shape index (κ1) is 20.5. The lowest BCUT2D eigenvalue weighted by Gasteiger charge is -2.35. The second-order valence-electron chi connectivity index (χ2n) is 8.35. The van der Waals surface area contributed by atoms with Crippen LogP contribution in [0.1, 0.15) is 26.7 Å². The van der Waals surface area contributed by atoms with E-state index in [9.17, 15) is 9.18 Å². The zero-order valence-corrected chi connectivity index (χ0v) is 17.8.